The fourth-order valence-electron chi connectivity index (χ4n) is 2.80. The molecule has 1 heterocycles. The van der Waals surface area contributed by atoms with Crippen LogP contribution < -0.4 is 14.8 Å². The number of hydrogen-bond acceptors (Lipinski definition) is 7. The number of carbonyl (C=O) groups excluding carboxylic acids is 2. The normalized spacial score (nSPS) is 17.9. The van der Waals surface area contributed by atoms with Gasteiger partial charge in [-0.05, 0) is 38.3 Å². The van der Waals surface area contributed by atoms with Gasteiger partial charge in [0.05, 0.1) is 24.7 Å². The van der Waals surface area contributed by atoms with Gasteiger partial charge in [0.1, 0.15) is 0 Å². The molecule has 0 aromatic heterocycles. The van der Waals surface area contributed by atoms with E-state index in [1.165, 1.54) is 0 Å². The van der Waals surface area contributed by atoms with E-state index in [1.807, 2.05) is 13.8 Å². The molecule has 0 spiro atoms. The Hall–Kier alpha value is -2.29. The predicted molar refractivity (Wildman–Crippen MR) is 99.7 cm³/mol. The van der Waals surface area contributed by atoms with Crippen LogP contribution in [0.25, 0.3) is 0 Å². The van der Waals surface area contributed by atoms with E-state index in [4.69, 9.17) is 14.2 Å². The summed E-state index contributed by atoms with van der Waals surface area (Å²) in [5, 5.41) is 2.62. The van der Waals surface area contributed by atoms with Gasteiger partial charge in [-0.25, -0.2) is 8.42 Å². The first kappa shape index (κ1) is 21.0. The second-order valence-corrected chi connectivity index (χ2v) is 8.44. The highest BCUT2D eigenvalue weighted by Gasteiger charge is 2.30. The van der Waals surface area contributed by atoms with E-state index in [0.29, 0.717) is 36.8 Å². The minimum atomic E-state index is -3.04. The highest BCUT2D eigenvalue weighted by molar-refractivity contribution is 7.91. The smallest absolute Gasteiger partial charge is 0.306 e. The number of hydrogen-bond donors (Lipinski definition) is 1. The van der Waals surface area contributed by atoms with Crippen LogP contribution in [0.4, 0.5) is 5.69 Å². The molecule has 9 heteroatoms. The first-order chi connectivity index (χ1) is 12.8. The molecule has 1 saturated heterocycles. The molecule has 0 aliphatic carbocycles. The van der Waals surface area contributed by atoms with Crippen LogP contribution in [0.1, 0.15) is 26.7 Å². The lowest BCUT2D eigenvalue weighted by Crippen LogP contribution is -2.22. The summed E-state index contributed by atoms with van der Waals surface area (Å²) in [7, 11) is -3.04. The zero-order valence-corrected chi connectivity index (χ0v) is 16.3. The summed E-state index contributed by atoms with van der Waals surface area (Å²) in [5.41, 5.74) is 0.491. The molecule has 1 N–H and O–H groups in total. The second-order valence-electron chi connectivity index (χ2n) is 6.21. The van der Waals surface area contributed by atoms with Gasteiger partial charge < -0.3 is 19.5 Å². The Kier molecular flexibility index (Phi) is 7.46. The summed E-state index contributed by atoms with van der Waals surface area (Å²) in [6.45, 7) is 4.21. The average Bonchev–Trinajstić information content (AvgIpc) is 2.94. The largest absolute Gasteiger partial charge is 0.490 e. The fourth-order valence-corrected chi connectivity index (χ4v) is 4.66. The van der Waals surface area contributed by atoms with E-state index in [1.54, 1.807) is 18.2 Å². The van der Waals surface area contributed by atoms with E-state index in [9.17, 15) is 18.0 Å². The van der Waals surface area contributed by atoms with Gasteiger partial charge in [-0.3, -0.25) is 9.59 Å². The summed E-state index contributed by atoms with van der Waals surface area (Å²) < 4.78 is 38.7. The van der Waals surface area contributed by atoms with Crippen LogP contribution in [0.3, 0.4) is 0 Å². The Morgan fingerprint density at radius 1 is 1.15 bits per heavy atom. The molecule has 0 bridgehead atoms. The molecule has 1 amide bonds. The topological polar surface area (TPSA) is 108 Å². The van der Waals surface area contributed by atoms with Gasteiger partial charge >= 0.3 is 5.97 Å². The lowest BCUT2D eigenvalue weighted by molar-refractivity contribution is -0.148. The third kappa shape index (κ3) is 6.74. The van der Waals surface area contributed by atoms with Crippen molar-refractivity contribution in [2.24, 2.45) is 5.92 Å². The van der Waals surface area contributed by atoms with E-state index >= 15 is 0 Å². The van der Waals surface area contributed by atoms with Crippen molar-refractivity contribution in [3.63, 3.8) is 0 Å². The van der Waals surface area contributed by atoms with Crippen LogP contribution in [-0.2, 0) is 24.2 Å². The molecule has 8 nitrogen and oxygen atoms in total. The molecular formula is C18H25NO7S. The zero-order valence-electron chi connectivity index (χ0n) is 15.5. The van der Waals surface area contributed by atoms with Crippen molar-refractivity contribution in [2.45, 2.75) is 26.7 Å². The first-order valence-electron chi connectivity index (χ1n) is 8.88. The summed E-state index contributed by atoms with van der Waals surface area (Å²) in [6.07, 6.45) is 0.458. The van der Waals surface area contributed by atoms with Crippen molar-refractivity contribution in [3.8, 4) is 11.5 Å². The number of rotatable bonds is 9. The molecule has 1 aromatic carbocycles. The van der Waals surface area contributed by atoms with Crippen LogP contribution in [0.2, 0.25) is 0 Å². The molecule has 1 atom stereocenters. The lowest BCUT2D eigenvalue weighted by atomic mass is 10.1. The molecule has 1 aliphatic rings. The van der Waals surface area contributed by atoms with E-state index < -0.39 is 28.3 Å². The summed E-state index contributed by atoms with van der Waals surface area (Å²) in [5.74, 6) is -0.105. The van der Waals surface area contributed by atoms with Gasteiger partial charge in [0.15, 0.2) is 27.9 Å². The molecule has 2 rings (SSSR count). The fraction of sp³-hybridized carbons (Fsp3) is 0.556. The van der Waals surface area contributed by atoms with Crippen LogP contribution >= 0.6 is 0 Å². The molecule has 0 radical (unpaired) electrons. The monoisotopic (exact) mass is 399 g/mol. The van der Waals surface area contributed by atoms with E-state index in [0.717, 1.165) is 0 Å². The third-order valence-electron chi connectivity index (χ3n) is 3.97. The Morgan fingerprint density at radius 2 is 1.85 bits per heavy atom. The molecule has 1 aromatic rings. The van der Waals surface area contributed by atoms with E-state index in [2.05, 4.69) is 5.32 Å². The standard InChI is InChI=1S/C18H25NO7S/c1-3-24-15-6-5-14(10-16(15)25-4-2)19-17(20)11-26-18(21)9-13-7-8-27(22,23)12-13/h5-6,10,13H,3-4,7-9,11-12H2,1-2H3,(H,19,20). The van der Waals surface area contributed by atoms with Crippen molar-refractivity contribution in [1.29, 1.82) is 0 Å². The van der Waals surface area contributed by atoms with Gasteiger partial charge in [0.2, 0.25) is 0 Å². The third-order valence-corrected chi connectivity index (χ3v) is 5.81. The van der Waals surface area contributed by atoms with Crippen molar-refractivity contribution in [3.05, 3.63) is 18.2 Å². The Morgan fingerprint density at radius 3 is 2.48 bits per heavy atom. The Balaban J connectivity index is 1.82. The highest BCUT2D eigenvalue weighted by Crippen LogP contribution is 2.30. The number of sulfone groups is 1. The highest BCUT2D eigenvalue weighted by atomic mass is 32.2. The van der Waals surface area contributed by atoms with Gasteiger partial charge in [-0.15, -0.1) is 0 Å². The summed E-state index contributed by atoms with van der Waals surface area (Å²) in [4.78, 5) is 23.8. The number of amides is 1. The lowest BCUT2D eigenvalue weighted by Gasteiger charge is -2.13. The van der Waals surface area contributed by atoms with Crippen molar-refractivity contribution < 1.29 is 32.2 Å². The Bertz CT molecular complexity index is 776. The number of esters is 1. The van der Waals surface area contributed by atoms with Crippen molar-refractivity contribution in [2.75, 3.05) is 36.6 Å². The minimum absolute atomic E-state index is 0.000676. The van der Waals surface area contributed by atoms with Crippen LogP contribution in [-0.4, -0.2) is 51.6 Å². The maximum atomic E-state index is 12.0. The molecule has 150 valence electrons. The molecule has 1 aliphatic heterocycles. The number of benzene rings is 1. The van der Waals surface area contributed by atoms with Crippen LogP contribution in [0.5, 0.6) is 11.5 Å². The number of carbonyl (C=O) groups is 2. The van der Waals surface area contributed by atoms with Crippen LogP contribution in [0.15, 0.2) is 18.2 Å². The number of nitrogens with one attached hydrogen (secondary N) is 1. The van der Waals surface area contributed by atoms with Gasteiger partial charge in [-0.1, -0.05) is 0 Å². The van der Waals surface area contributed by atoms with Gasteiger partial charge in [-0.2, -0.15) is 0 Å². The van der Waals surface area contributed by atoms with Gasteiger partial charge in [0.25, 0.3) is 5.91 Å². The number of anilines is 1. The van der Waals surface area contributed by atoms with Crippen LogP contribution in [0, 0.1) is 5.92 Å². The molecule has 1 unspecified atom stereocenters. The quantitative estimate of drug-likeness (QED) is 0.631. The maximum Gasteiger partial charge on any atom is 0.306 e. The van der Waals surface area contributed by atoms with E-state index in [-0.39, 0.29) is 23.8 Å². The van der Waals surface area contributed by atoms with Crippen molar-refractivity contribution >= 4 is 27.4 Å². The minimum Gasteiger partial charge on any atom is -0.490 e. The number of ether oxygens (including phenoxy) is 3. The second kappa shape index (κ2) is 9.59. The zero-order chi connectivity index (χ0) is 19.9. The molecule has 0 saturated carbocycles. The average molecular weight is 399 g/mol. The SMILES string of the molecule is CCOc1ccc(NC(=O)COC(=O)CC2CCS(=O)(=O)C2)cc1OCC. The molecular weight excluding hydrogens is 374 g/mol. The summed E-state index contributed by atoms with van der Waals surface area (Å²) >= 11 is 0. The maximum absolute atomic E-state index is 12.0. The Labute approximate surface area is 159 Å². The molecule has 27 heavy (non-hydrogen) atoms. The molecule has 1 fully saturated rings. The predicted octanol–water partition coefficient (Wildman–Crippen LogP) is 1.79. The summed E-state index contributed by atoms with van der Waals surface area (Å²) in [6, 6.07) is 4.99. The van der Waals surface area contributed by atoms with Crippen molar-refractivity contribution in [1.82, 2.24) is 0 Å². The van der Waals surface area contributed by atoms with Gasteiger partial charge in [0, 0.05) is 18.2 Å². The first-order valence-corrected chi connectivity index (χ1v) is 10.7.